The highest BCUT2D eigenvalue weighted by Crippen LogP contribution is 2.36. The van der Waals surface area contributed by atoms with Crippen molar-refractivity contribution in [3.63, 3.8) is 0 Å². The SMILES string of the molecule is CCOc1ccc(OCC)c(N2C(=O)NC(=O)/C(=C\c3cc(I)c(OCc4ccccc4)c(I)c3)C2=O)c1. The van der Waals surface area contributed by atoms with Crippen molar-refractivity contribution in [2.24, 2.45) is 0 Å². The van der Waals surface area contributed by atoms with Crippen LogP contribution in [-0.2, 0) is 16.2 Å². The van der Waals surface area contributed by atoms with Crippen LogP contribution in [0.25, 0.3) is 6.08 Å². The minimum absolute atomic E-state index is 0.182. The van der Waals surface area contributed by atoms with Crippen molar-refractivity contribution < 1.29 is 28.6 Å². The lowest BCUT2D eigenvalue weighted by molar-refractivity contribution is -0.122. The summed E-state index contributed by atoms with van der Waals surface area (Å²) in [6.45, 7) is 4.76. The first kappa shape index (κ1) is 27.9. The molecule has 1 heterocycles. The predicted octanol–water partition coefficient (Wildman–Crippen LogP) is 5.94. The molecule has 1 N–H and O–H groups in total. The molecule has 0 unspecified atom stereocenters. The molecular weight excluding hydrogens is 714 g/mol. The van der Waals surface area contributed by atoms with Crippen LogP contribution in [0.1, 0.15) is 25.0 Å². The summed E-state index contributed by atoms with van der Waals surface area (Å²) in [7, 11) is 0. The normalized spacial score (nSPS) is 14.5. The molecule has 0 atom stereocenters. The molecule has 4 amide bonds. The number of carbonyl (C=O) groups is 3. The van der Waals surface area contributed by atoms with E-state index >= 15 is 0 Å². The number of benzene rings is 3. The van der Waals surface area contributed by atoms with Gasteiger partial charge in [-0.15, -0.1) is 0 Å². The Morgan fingerprint density at radius 2 is 1.55 bits per heavy atom. The number of hydrogen-bond acceptors (Lipinski definition) is 6. The lowest BCUT2D eigenvalue weighted by atomic mass is 10.1. The Balaban J connectivity index is 1.66. The van der Waals surface area contributed by atoms with E-state index in [0.717, 1.165) is 17.6 Å². The second-order valence-electron chi connectivity index (χ2n) is 8.04. The number of barbiturate groups is 1. The molecule has 4 rings (SSSR count). The van der Waals surface area contributed by atoms with Gasteiger partial charge in [0.15, 0.2) is 0 Å². The van der Waals surface area contributed by atoms with Crippen molar-refractivity contribution >= 4 is 74.8 Å². The fourth-order valence-corrected chi connectivity index (χ4v) is 5.91. The first-order valence-electron chi connectivity index (χ1n) is 11.8. The van der Waals surface area contributed by atoms with Crippen molar-refractivity contribution in [1.82, 2.24) is 5.32 Å². The molecule has 8 nitrogen and oxygen atoms in total. The molecule has 0 saturated carbocycles. The van der Waals surface area contributed by atoms with Gasteiger partial charge >= 0.3 is 6.03 Å². The van der Waals surface area contributed by atoms with Crippen molar-refractivity contribution in [2.45, 2.75) is 20.5 Å². The van der Waals surface area contributed by atoms with Gasteiger partial charge in [-0.05, 0) is 100 Å². The number of anilines is 1. The minimum atomic E-state index is -0.861. The Morgan fingerprint density at radius 1 is 0.868 bits per heavy atom. The zero-order valence-electron chi connectivity index (χ0n) is 20.6. The van der Waals surface area contributed by atoms with Gasteiger partial charge in [0.2, 0.25) is 0 Å². The molecule has 0 radical (unpaired) electrons. The van der Waals surface area contributed by atoms with Gasteiger partial charge in [-0.2, -0.15) is 0 Å². The van der Waals surface area contributed by atoms with Crippen molar-refractivity contribution in [3.05, 3.63) is 84.5 Å². The third-order valence-corrected chi connectivity index (χ3v) is 7.04. The summed E-state index contributed by atoms with van der Waals surface area (Å²) in [4.78, 5) is 40.0. The number of rotatable bonds is 9. The average Bonchev–Trinajstić information content (AvgIpc) is 2.88. The number of halogens is 2. The van der Waals surface area contributed by atoms with E-state index in [4.69, 9.17) is 14.2 Å². The number of carbonyl (C=O) groups excluding carboxylic acids is 3. The molecule has 196 valence electrons. The smallest absolute Gasteiger partial charge is 0.336 e. The summed E-state index contributed by atoms with van der Waals surface area (Å²) in [5.74, 6) is -0.0451. The molecule has 1 saturated heterocycles. The monoisotopic (exact) mass is 738 g/mol. The van der Waals surface area contributed by atoms with Gasteiger partial charge < -0.3 is 14.2 Å². The lowest BCUT2D eigenvalue weighted by Crippen LogP contribution is -2.54. The molecule has 0 bridgehead atoms. The summed E-state index contributed by atoms with van der Waals surface area (Å²) in [6, 6.07) is 17.5. The van der Waals surface area contributed by atoms with Crippen molar-refractivity contribution in [3.8, 4) is 17.2 Å². The van der Waals surface area contributed by atoms with Crippen LogP contribution >= 0.6 is 45.2 Å². The second kappa shape index (κ2) is 12.6. The largest absolute Gasteiger partial charge is 0.494 e. The van der Waals surface area contributed by atoms with Gasteiger partial charge in [0.25, 0.3) is 11.8 Å². The summed E-state index contributed by atoms with van der Waals surface area (Å²) >= 11 is 4.32. The van der Waals surface area contributed by atoms with Gasteiger partial charge in [-0.25, -0.2) is 9.69 Å². The topological polar surface area (TPSA) is 94.2 Å². The van der Waals surface area contributed by atoms with Gasteiger partial charge in [-0.1, -0.05) is 30.3 Å². The molecule has 3 aromatic rings. The Hall–Kier alpha value is -3.13. The fourth-order valence-electron chi connectivity index (χ4n) is 3.78. The van der Waals surface area contributed by atoms with Gasteiger partial charge in [0.1, 0.15) is 29.4 Å². The maximum absolute atomic E-state index is 13.5. The van der Waals surface area contributed by atoms with E-state index in [2.05, 4.69) is 50.5 Å². The Morgan fingerprint density at radius 3 is 2.21 bits per heavy atom. The number of ether oxygens (including phenoxy) is 3. The molecule has 0 aromatic heterocycles. The molecule has 0 aliphatic carbocycles. The van der Waals surface area contributed by atoms with Crippen LogP contribution in [0.4, 0.5) is 10.5 Å². The van der Waals surface area contributed by atoms with E-state index in [-0.39, 0.29) is 11.3 Å². The van der Waals surface area contributed by atoms with Gasteiger partial charge in [-0.3, -0.25) is 14.9 Å². The van der Waals surface area contributed by atoms with Crippen LogP contribution in [0.2, 0.25) is 0 Å². The minimum Gasteiger partial charge on any atom is -0.494 e. The van der Waals surface area contributed by atoms with Crippen LogP contribution < -0.4 is 24.4 Å². The molecule has 1 aliphatic rings. The highest BCUT2D eigenvalue weighted by atomic mass is 127. The van der Waals surface area contributed by atoms with E-state index in [0.29, 0.717) is 42.6 Å². The molecule has 38 heavy (non-hydrogen) atoms. The molecule has 1 aliphatic heterocycles. The first-order valence-corrected chi connectivity index (χ1v) is 13.9. The first-order chi connectivity index (χ1) is 18.3. The van der Waals surface area contributed by atoms with E-state index in [9.17, 15) is 14.4 Å². The molecular formula is C28H24I2N2O6. The summed E-state index contributed by atoms with van der Waals surface area (Å²) in [6.07, 6.45) is 1.47. The number of amides is 4. The zero-order valence-corrected chi connectivity index (χ0v) is 24.9. The van der Waals surface area contributed by atoms with Crippen LogP contribution in [0, 0.1) is 7.14 Å². The maximum atomic E-state index is 13.5. The second-order valence-corrected chi connectivity index (χ2v) is 10.4. The Labute approximate surface area is 247 Å². The van der Waals surface area contributed by atoms with E-state index in [1.807, 2.05) is 49.4 Å². The molecule has 0 spiro atoms. The van der Waals surface area contributed by atoms with Gasteiger partial charge in [0.05, 0.1) is 26.0 Å². The van der Waals surface area contributed by atoms with E-state index in [1.54, 1.807) is 25.1 Å². The highest BCUT2D eigenvalue weighted by Gasteiger charge is 2.38. The lowest BCUT2D eigenvalue weighted by Gasteiger charge is -2.28. The Bertz CT molecular complexity index is 1380. The maximum Gasteiger partial charge on any atom is 0.336 e. The molecule has 1 fully saturated rings. The number of nitrogens with zero attached hydrogens (tertiary/aromatic N) is 1. The third-order valence-electron chi connectivity index (χ3n) is 5.44. The highest BCUT2D eigenvalue weighted by molar-refractivity contribution is 14.1. The van der Waals surface area contributed by atoms with Crippen LogP contribution in [0.3, 0.4) is 0 Å². The number of nitrogens with one attached hydrogen (secondary N) is 1. The quantitative estimate of drug-likeness (QED) is 0.166. The van der Waals surface area contributed by atoms with E-state index in [1.165, 1.54) is 6.08 Å². The van der Waals surface area contributed by atoms with Crippen LogP contribution in [0.15, 0.2) is 66.2 Å². The number of urea groups is 1. The summed E-state index contributed by atoms with van der Waals surface area (Å²) < 4.78 is 18.9. The zero-order chi connectivity index (χ0) is 27.2. The van der Waals surface area contributed by atoms with Crippen LogP contribution in [-0.4, -0.2) is 31.1 Å². The average molecular weight is 738 g/mol. The van der Waals surface area contributed by atoms with E-state index < -0.39 is 17.8 Å². The summed E-state index contributed by atoms with van der Waals surface area (Å²) in [5, 5.41) is 2.26. The Kier molecular flexibility index (Phi) is 9.26. The molecule has 3 aromatic carbocycles. The van der Waals surface area contributed by atoms with Crippen molar-refractivity contribution in [1.29, 1.82) is 0 Å². The number of hydrogen-bond donors (Lipinski definition) is 1. The fraction of sp³-hybridized carbons (Fsp3) is 0.179. The summed E-state index contributed by atoms with van der Waals surface area (Å²) in [5.41, 5.74) is 1.66. The van der Waals surface area contributed by atoms with Crippen molar-refractivity contribution in [2.75, 3.05) is 18.1 Å². The molecule has 10 heteroatoms. The third kappa shape index (κ3) is 6.29. The van der Waals surface area contributed by atoms with Crippen LogP contribution in [0.5, 0.6) is 17.2 Å². The number of imide groups is 2. The predicted molar refractivity (Wildman–Crippen MR) is 160 cm³/mol. The van der Waals surface area contributed by atoms with Gasteiger partial charge in [0, 0.05) is 6.07 Å². The standard InChI is InChI=1S/C28H24I2N2O6/c1-3-36-19-10-11-24(37-4-2)23(15-19)32-27(34)20(26(33)31-28(32)35)12-18-13-21(29)25(22(30)14-18)38-16-17-8-6-5-7-9-17/h5-15H,3-4,16H2,1-2H3,(H,31,33,35)/b20-12+.